The van der Waals surface area contributed by atoms with E-state index in [0.29, 0.717) is 32.0 Å². The van der Waals surface area contributed by atoms with Crippen molar-refractivity contribution < 1.29 is 17.7 Å². The highest BCUT2D eigenvalue weighted by molar-refractivity contribution is 7.89. The zero-order chi connectivity index (χ0) is 21.1. The maximum Gasteiger partial charge on any atom is 0.251 e. The molecule has 1 aliphatic rings. The summed E-state index contributed by atoms with van der Waals surface area (Å²) in [6, 6.07) is 9.82. The lowest BCUT2D eigenvalue weighted by molar-refractivity contribution is 0.0946. The Morgan fingerprint density at radius 2 is 2.00 bits per heavy atom. The molecule has 0 aliphatic carbocycles. The van der Waals surface area contributed by atoms with Gasteiger partial charge >= 0.3 is 0 Å². The van der Waals surface area contributed by atoms with E-state index >= 15 is 0 Å². The average molecular weight is 448 g/mol. The van der Waals surface area contributed by atoms with Crippen LogP contribution in [-0.4, -0.2) is 66.9 Å². The Hall–Kier alpha value is -2.60. The van der Waals surface area contributed by atoms with Crippen LogP contribution in [0.3, 0.4) is 0 Å². The number of benzene rings is 1. The third-order valence-corrected chi connectivity index (χ3v) is 7.57. The first-order valence-corrected chi connectivity index (χ1v) is 11.7. The van der Waals surface area contributed by atoms with Crippen LogP contribution in [0.4, 0.5) is 0 Å². The van der Waals surface area contributed by atoms with Gasteiger partial charge in [0.1, 0.15) is 0 Å². The van der Waals surface area contributed by atoms with E-state index in [1.165, 1.54) is 27.8 Å². The third kappa shape index (κ3) is 4.43. The van der Waals surface area contributed by atoms with Crippen molar-refractivity contribution in [2.24, 2.45) is 0 Å². The highest BCUT2D eigenvalue weighted by atomic mass is 32.2. The van der Waals surface area contributed by atoms with Crippen LogP contribution in [0, 0.1) is 0 Å². The van der Waals surface area contributed by atoms with Gasteiger partial charge in [0.15, 0.2) is 0 Å². The normalized spacial score (nSPS) is 15.9. The molecule has 9 nitrogen and oxygen atoms in total. The highest BCUT2D eigenvalue weighted by Gasteiger charge is 2.28. The van der Waals surface area contributed by atoms with Crippen molar-refractivity contribution in [3.63, 3.8) is 0 Å². The molecule has 0 bridgehead atoms. The van der Waals surface area contributed by atoms with Crippen LogP contribution in [0.25, 0.3) is 10.7 Å². The number of thiophene rings is 1. The fourth-order valence-corrected chi connectivity index (χ4v) is 5.18. The molecule has 1 amide bonds. The molecule has 0 saturated carbocycles. The number of carbonyl (C=O) groups excluding carboxylic acids is 1. The molecule has 0 radical (unpaired) electrons. The third-order valence-electron chi connectivity index (χ3n) is 4.81. The summed E-state index contributed by atoms with van der Waals surface area (Å²) in [4.78, 5) is 19.9. The second-order valence-electron chi connectivity index (χ2n) is 6.91. The minimum absolute atomic E-state index is 0.0483. The van der Waals surface area contributed by atoms with Crippen LogP contribution in [0.1, 0.15) is 16.2 Å². The number of hydrogen-bond donors (Lipinski definition) is 1. The van der Waals surface area contributed by atoms with Gasteiger partial charge in [-0.05, 0) is 36.7 Å². The SMILES string of the molecule is CN1CCN(S(=O)(=O)c2cccc(C(=O)NCc3nc(-c4cccs4)no3)c2)CC1. The van der Waals surface area contributed by atoms with Gasteiger partial charge in [-0.3, -0.25) is 4.79 Å². The van der Waals surface area contributed by atoms with Crippen molar-refractivity contribution in [2.45, 2.75) is 11.4 Å². The van der Waals surface area contributed by atoms with Gasteiger partial charge in [0, 0.05) is 31.7 Å². The number of hydrogen-bond acceptors (Lipinski definition) is 8. The van der Waals surface area contributed by atoms with E-state index in [2.05, 4.69) is 20.4 Å². The molecule has 2 aromatic heterocycles. The van der Waals surface area contributed by atoms with Gasteiger partial charge in [-0.1, -0.05) is 17.3 Å². The quantitative estimate of drug-likeness (QED) is 0.612. The molecule has 1 fully saturated rings. The van der Waals surface area contributed by atoms with Gasteiger partial charge in [-0.25, -0.2) is 8.42 Å². The molecular formula is C19H21N5O4S2. The Morgan fingerprint density at radius 3 is 2.73 bits per heavy atom. The fourth-order valence-electron chi connectivity index (χ4n) is 3.07. The number of piperazine rings is 1. The van der Waals surface area contributed by atoms with Crippen LogP contribution in [0.2, 0.25) is 0 Å². The number of nitrogens with zero attached hydrogens (tertiary/aromatic N) is 4. The predicted octanol–water partition coefficient (Wildman–Crippen LogP) is 1.66. The lowest BCUT2D eigenvalue weighted by atomic mass is 10.2. The van der Waals surface area contributed by atoms with Gasteiger partial charge in [0.2, 0.25) is 21.7 Å². The number of sulfonamides is 1. The molecule has 0 spiro atoms. The Bertz CT molecular complexity index is 1120. The topological polar surface area (TPSA) is 109 Å². The summed E-state index contributed by atoms with van der Waals surface area (Å²) in [6.07, 6.45) is 0. The molecule has 30 heavy (non-hydrogen) atoms. The van der Waals surface area contributed by atoms with Crippen molar-refractivity contribution >= 4 is 27.3 Å². The summed E-state index contributed by atoms with van der Waals surface area (Å²) >= 11 is 1.49. The second kappa shape index (κ2) is 8.64. The average Bonchev–Trinajstić information content (AvgIpc) is 3.44. The van der Waals surface area contributed by atoms with Gasteiger partial charge in [-0.15, -0.1) is 11.3 Å². The Morgan fingerprint density at radius 1 is 1.20 bits per heavy atom. The van der Waals surface area contributed by atoms with Gasteiger partial charge < -0.3 is 14.7 Å². The van der Waals surface area contributed by atoms with E-state index in [9.17, 15) is 13.2 Å². The first-order valence-electron chi connectivity index (χ1n) is 9.37. The molecule has 1 aromatic carbocycles. The van der Waals surface area contributed by atoms with Gasteiger partial charge in [0.05, 0.1) is 16.3 Å². The van der Waals surface area contributed by atoms with Crippen LogP contribution in [-0.2, 0) is 16.6 Å². The zero-order valence-corrected chi connectivity index (χ0v) is 17.9. The van der Waals surface area contributed by atoms with Crippen molar-refractivity contribution in [3.05, 3.63) is 53.2 Å². The largest absolute Gasteiger partial charge is 0.343 e. The Labute approximate surface area is 178 Å². The van der Waals surface area contributed by atoms with Crippen molar-refractivity contribution in [1.29, 1.82) is 0 Å². The van der Waals surface area contributed by atoms with E-state index in [1.54, 1.807) is 12.1 Å². The molecule has 1 saturated heterocycles. The first-order chi connectivity index (χ1) is 14.4. The smallest absolute Gasteiger partial charge is 0.251 e. The molecule has 4 rings (SSSR count). The van der Waals surface area contributed by atoms with Crippen LogP contribution >= 0.6 is 11.3 Å². The van der Waals surface area contributed by atoms with E-state index in [0.717, 1.165) is 4.88 Å². The summed E-state index contributed by atoms with van der Waals surface area (Å²) in [6.45, 7) is 2.26. The lowest BCUT2D eigenvalue weighted by Crippen LogP contribution is -2.47. The molecule has 158 valence electrons. The van der Waals surface area contributed by atoms with Crippen molar-refractivity contribution in [2.75, 3.05) is 33.2 Å². The minimum atomic E-state index is -3.64. The molecule has 0 unspecified atom stereocenters. The van der Waals surface area contributed by atoms with Crippen molar-refractivity contribution in [3.8, 4) is 10.7 Å². The molecule has 3 aromatic rings. The monoisotopic (exact) mass is 447 g/mol. The molecule has 3 heterocycles. The summed E-state index contributed by atoms with van der Waals surface area (Å²) < 4.78 is 32.4. The lowest BCUT2D eigenvalue weighted by Gasteiger charge is -2.31. The molecule has 1 N–H and O–H groups in total. The maximum absolute atomic E-state index is 12.9. The molecular weight excluding hydrogens is 426 g/mol. The standard InChI is InChI=1S/C19H21N5O4S2/c1-23-7-9-24(10-8-23)30(26,27)15-5-2-4-14(12-15)19(25)20-13-17-21-18(22-28-17)16-6-3-11-29-16/h2-6,11-12H,7-10,13H2,1H3,(H,20,25). The van der Waals surface area contributed by atoms with Crippen molar-refractivity contribution in [1.82, 2.24) is 24.7 Å². The summed E-state index contributed by atoms with van der Waals surface area (Å²) in [7, 11) is -1.68. The Balaban J connectivity index is 1.42. The van der Waals surface area contributed by atoms with Crippen LogP contribution in [0.15, 0.2) is 51.2 Å². The second-order valence-corrected chi connectivity index (χ2v) is 9.79. The van der Waals surface area contributed by atoms with E-state index in [4.69, 9.17) is 4.52 Å². The molecule has 11 heteroatoms. The minimum Gasteiger partial charge on any atom is -0.343 e. The number of likely N-dealkylation sites (N-methyl/N-ethyl adjacent to an activating group) is 1. The van der Waals surface area contributed by atoms with E-state index < -0.39 is 15.9 Å². The fraction of sp³-hybridized carbons (Fsp3) is 0.316. The predicted molar refractivity (Wildman–Crippen MR) is 111 cm³/mol. The number of nitrogens with one attached hydrogen (secondary N) is 1. The van der Waals surface area contributed by atoms with Gasteiger partial charge in [0.25, 0.3) is 5.91 Å². The number of rotatable bonds is 6. The zero-order valence-electron chi connectivity index (χ0n) is 16.3. The van der Waals surface area contributed by atoms with E-state index in [-0.39, 0.29) is 22.9 Å². The van der Waals surface area contributed by atoms with Crippen LogP contribution < -0.4 is 5.32 Å². The summed E-state index contributed by atoms with van der Waals surface area (Å²) in [5.74, 6) is 0.323. The number of aromatic nitrogens is 2. The molecule has 1 aliphatic heterocycles. The molecule has 0 atom stereocenters. The van der Waals surface area contributed by atoms with Crippen LogP contribution in [0.5, 0.6) is 0 Å². The maximum atomic E-state index is 12.9. The first kappa shape index (κ1) is 20.7. The van der Waals surface area contributed by atoms with E-state index in [1.807, 2.05) is 24.6 Å². The Kier molecular flexibility index (Phi) is 5.95. The number of amides is 1. The highest BCUT2D eigenvalue weighted by Crippen LogP contribution is 2.21. The summed E-state index contributed by atoms with van der Waals surface area (Å²) in [5.41, 5.74) is 0.253. The van der Waals surface area contributed by atoms with Gasteiger partial charge in [-0.2, -0.15) is 9.29 Å². The number of carbonyl (C=O) groups is 1. The summed E-state index contributed by atoms with van der Waals surface area (Å²) in [5, 5.41) is 8.50.